The number of nitrogens with zero attached hydrogens (tertiary/aromatic N) is 1. The molecule has 0 saturated carbocycles. The van der Waals surface area contributed by atoms with Crippen molar-refractivity contribution >= 4 is 28.9 Å². The minimum atomic E-state index is -0.690. The third kappa shape index (κ3) is 2.14. The summed E-state index contributed by atoms with van der Waals surface area (Å²) in [7, 11) is -0.690. The van der Waals surface area contributed by atoms with Gasteiger partial charge in [0, 0.05) is 31.0 Å². The fraction of sp³-hybridized carbons (Fsp3) is 0.545. The van der Waals surface area contributed by atoms with Gasteiger partial charge in [0.2, 0.25) is 6.41 Å². The van der Waals surface area contributed by atoms with Gasteiger partial charge in [0.15, 0.2) is 0 Å². The minimum Gasteiger partial charge on any atom is -0.380 e. The molecule has 1 N–H and O–H groups in total. The number of hydrogen-bond donors (Lipinski definition) is 2. The van der Waals surface area contributed by atoms with Crippen LogP contribution in [0.2, 0.25) is 0 Å². The predicted octanol–water partition coefficient (Wildman–Crippen LogP) is 1.93. The van der Waals surface area contributed by atoms with Gasteiger partial charge in [-0.2, -0.15) is 10.9 Å². The summed E-state index contributed by atoms with van der Waals surface area (Å²) in [6, 6.07) is 0. The van der Waals surface area contributed by atoms with Crippen molar-refractivity contribution in [3.05, 3.63) is 21.4 Å². The maximum absolute atomic E-state index is 10.6. The Balaban J connectivity index is 2.10. The van der Waals surface area contributed by atoms with Crippen molar-refractivity contribution in [2.45, 2.75) is 24.7 Å². The summed E-state index contributed by atoms with van der Waals surface area (Å²) < 4.78 is 0. The van der Waals surface area contributed by atoms with Crippen molar-refractivity contribution in [2.75, 3.05) is 13.1 Å². The summed E-state index contributed by atoms with van der Waals surface area (Å²) in [5.74, 6) is 0. The van der Waals surface area contributed by atoms with E-state index in [4.69, 9.17) is 11.6 Å². The number of aliphatic hydroxyl groups is 1. The lowest BCUT2D eigenvalue weighted by Gasteiger charge is -2.42. The van der Waals surface area contributed by atoms with Crippen LogP contribution in [-0.2, 0) is 4.79 Å². The van der Waals surface area contributed by atoms with Crippen molar-refractivity contribution < 1.29 is 9.90 Å². The minimum absolute atomic E-state index is 0.636. The molecule has 2 rings (SSSR count). The average molecular weight is 262 g/mol. The van der Waals surface area contributed by atoms with Crippen LogP contribution in [0.25, 0.3) is 0 Å². The maximum atomic E-state index is 10.6. The molecule has 2 aliphatic rings. The number of rotatable bonds is 2. The number of allylic oxidation sites excluding steroid dienone is 3. The second-order valence-electron chi connectivity index (χ2n) is 4.29. The van der Waals surface area contributed by atoms with E-state index in [1.54, 1.807) is 4.90 Å². The first-order valence-corrected chi connectivity index (χ1v) is 7.11. The molecule has 0 aliphatic carbocycles. The van der Waals surface area contributed by atoms with Gasteiger partial charge in [-0.1, -0.05) is 11.6 Å². The Labute approximate surface area is 103 Å². The predicted molar refractivity (Wildman–Crippen MR) is 68.5 cm³/mol. The highest BCUT2D eigenvalue weighted by molar-refractivity contribution is 8.24. The summed E-state index contributed by atoms with van der Waals surface area (Å²) >= 11 is 5.96. The third-order valence-corrected chi connectivity index (χ3v) is 6.32. The van der Waals surface area contributed by atoms with E-state index in [2.05, 4.69) is 0 Å². The van der Waals surface area contributed by atoms with Crippen LogP contribution in [0.4, 0.5) is 0 Å². The lowest BCUT2D eigenvalue weighted by atomic mass is 10.1. The molecule has 0 spiro atoms. The number of piperidine rings is 1. The molecule has 0 aromatic rings. The molecular formula is C11H16ClNO2S. The van der Waals surface area contributed by atoms with Crippen LogP contribution in [0.3, 0.4) is 0 Å². The highest BCUT2D eigenvalue weighted by atomic mass is 35.5. The molecule has 0 aromatic heterocycles. The van der Waals surface area contributed by atoms with Crippen molar-refractivity contribution in [1.29, 1.82) is 0 Å². The zero-order chi connectivity index (χ0) is 11.8. The van der Waals surface area contributed by atoms with Gasteiger partial charge in [-0.3, -0.25) is 4.79 Å². The van der Waals surface area contributed by atoms with Gasteiger partial charge in [0.05, 0.1) is 0 Å². The first-order valence-electron chi connectivity index (χ1n) is 5.32. The van der Waals surface area contributed by atoms with Gasteiger partial charge < -0.3 is 10.0 Å². The zero-order valence-corrected chi connectivity index (χ0v) is 10.8. The summed E-state index contributed by atoms with van der Waals surface area (Å²) in [5, 5.41) is 13.3. The van der Waals surface area contributed by atoms with E-state index >= 15 is 0 Å². The van der Waals surface area contributed by atoms with E-state index in [1.807, 2.05) is 18.4 Å². The quantitative estimate of drug-likeness (QED) is 0.589. The third-order valence-electron chi connectivity index (χ3n) is 3.18. The smallest absolute Gasteiger partial charge is 0.209 e. The summed E-state index contributed by atoms with van der Waals surface area (Å²) in [6.45, 7) is 3.29. The van der Waals surface area contributed by atoms with Crippen LogP contribution in [-0.4, -0.2) is 34.4 Å². The van der Waals surface area contributed by atoms with Crippen LogP contribution in [0.1, 0.15) is 19.8 Å². The number of hydrogen-bond acceptors (Lipinski definition) is 2. The molecule has 1 unspecified atom stereocenters. The number of carbonyl (C=O) groups excluding carboxylic acids is 1. The molecule has 1 saturated heterocycles. The van der Waals surface area contributed by atoms with Gasteiger partial charge >= 0.3 is 0 Å². The monoisotopic (exact) mass is 261 g/mol. The first-order chi connectivity index (χ1) is 7.55. The number of thiol groups is 1. The molecule has 2 heterocycles. The van der Waals surface area contributed by atoms with Crippen molar-refractivity contribution in [3.63, 3.8) is 0 Å². The Morgan fingerprint density at radius 3 is 2.62 bits per heavy atom. The fourth-order valence-electron chi connectivity index (χ4n) is 2.21. The Bertz CT molecular complexity index is 359. The molecule has 0 radical (unpaired) electrons. The molecule has 16 heavy (non-hydrogen) atoms. The van der Waals surface area contributed by atoms with Crippen LogP contribution >= 0.6 is 22.5 Å². The zero-order valence-electron chi connectivity index (χ0n) is 9.19. The molecule has 90 valence electrons. The molecule has 0 bridgehead atoms. The van der Waals surface area contributed by atoms with Crippen molar-refractivity contribution in [2.24, 2.45) is 0 Å². The number of carbonyl (C=O) groups is 1. The highest BCUT2D eigenvalue weighted by Crippen LogP contribution is 2.56. The Hall–Kier alpha value is -0.450. The number of likely N-dealkylation sites (tertiary alicyclic amines) is 1. The second-order valence-corrected chi connectivity index (χ2v) is 7.27. The van der Waals surface area contributed by atoms with E-state index in [0.29, 0.717) is 25.9 Å². The van der Waals surface area contributed by atoms with Gasteiger partial charge in [0.25, 0.3) is 0 Å². The van der Waals surface area contributed by atoms with Gasteiger partial charge in [-0.05, 0) is 23.3 Å². The fourth-order valence-corrected chi connectivity index (χ4v) is 5.12. The number of halogens is 1. The average Bonchev–Trinajstić information content (AvgIpc) is 2.60. The highest BCUT2D eigenvalue weighted by Gasteiger charge is 2.38. The summed E-state index contributed by atoms with van der Waals surface area (Å²) in [6.07, 6.45) is 4.07. The lowest BCUT2D eigenvalue weighted by Crippen LogP contribution is -2.43. The number of amides is 1. The summed E-state index contributed by atoms with van der Waals surface area (Å²) in [5.41, 5.74) is 0. The SMILES string of the molecule is CC1=CC(Cl)=C[SH]1C1(O)CCN(C=O)CC1. The molecule has 3 nitrogen and oxygen atoms in total. The molecule has 5 heteroatoms. The van der Waals surface area contributed by atoms with Crippen molar-refractivity contribution in [1.82, 2.24) is 4.90 Å². The molecule has 2 aliphatic heterocycles. The van der Waals surface area contributed by atoms with Crippen molar-refractivity contribution in [3.8, 4) is 0 Å². The molecule has 1 atom stereocenters. The van der Waals surface area contributed by atoms with Crippen LogP contribution < -0.4 is 0 Å². The van der Waals surface area contributed by atoms with E-state index in [9.17, 15) is 9.90 Å². The van der Waals surface area contributed by atoms with E-state index < -0.39 is 15.8 Å². The lowest BCUT2D eigenvalue weighted by molar-refractivity contribution is -0.120. The van der Waals surface area contributed by atoms with Gasteiger partial charge in [0.1, 0.15) is 4.93 Å². The Morgan fingerprint density at radius 2 is 2.19 bits per heavy atom. The van der Waals surface area contributed by atoms with Gasteiger partial charge in [-0.25, -0.2) is 0 Å². The topological polar surface area (TPSA) is 40.5 Å². The molecule has 1 fully saturated rings. The van der Waals surface area contributed by atoms with Gasteiger partial charge in [-0.15, -0.1) is 0 Å². The largest absolute Gasteiger partial charge is 0.380 e. The molecule has 1 amide bonds. The Kier molecular flexibility index (Phi) is 3.33. The van der Waals surface area contributed by atoms with E-state index in [0.717, 1.165) is 11.4 Å². The van der Waals surface area contributed by atoms with E-state index in [1.165, 1.54) is 4.91 Å². The molecular weight excluding hydrogens is 246 g/mol. The first kappa shape index (κ1) is 12.0. The standard InChI is InChI=1S/C11H16ClNO2S/c1-9-6-10(12)7-16(9)11(15)2-4-13(8-14)5-3-11/h6-8,15-16H,2-5H2,1H3. The second kappa shape index (κ2) is 4.43. The molecule has 0 aromatic carbocycles. The van der Waals surface area contributed by atoms with Crippen LogP contribution in [0.15, 0.2) is 21.4 Å². The summed E-state index contributed by atoms with van der Waals surface area (Å²) in [4.78, 5) is 12.8. The van der Waals surface area contributed by atoms with E-state index in [-0.39, 0.29) is 0 Å². The van der Waals surface area contributed by atoms with Crippen LogP contribution in [0, 0.1) is 0 Å². The van der Waals surface area contributed by atoms with Crippen LogP contribution in [0.5, 0.6) is 0 Å². The Morgan fingerprint density at radius 1 is 1.56 bits per heavy atom. The normalized spacial score (nSPS) is 30.9. The maximum Gasteiger partial charge on any atom is 0.209 e.